The van der Waals surface area contributed by atoms with Gasteiger partial charge in [0.25, 0.3) is 0 Å². The fourth-order valence-corrected chi connectivity index (χ4v) is 3.96. The number of rotatable bonds is 15. The molecule has 0 saturated carbocycles. The van der Waals surface area contributed by atoms with Gasteiger partial charge >= 0.3 is 0 Å². The molecule has 0 amide bonds. The molecule has 6 nitrogen and oxygen atoms in total. The van der Waals surface area contributed by atoms with Gasteiger partial charge in [0.15, 0.2) is 0 Å². The number of aliphatic hydroxyl groups is 1. The van der Waals surface area contributed by atoms with E-state index in [0.29, 0.717) is 26.3 Å². The van der Waals surface area contributed by atoms with Crippen LogP contribution in [-0.2, 0) is 17.7 Å². The van der Waals surface area contributed by atoms with Crippen LogP contribution in [0.1, 0.15) is 51.3 Å². The van der Waals surface area contributed by atoms with Gasteiger partial charge in [0, 0.05) is 19.7 Å². The Morgan fingerprint density at radius 2 is 1.68 bits per heavy atom. The lowest BCUT2D eigenvalue weighted by atomic mass is 10.1. The first-order chi connectivity index (χ1) is 16.7. The van der Waals surface area contributed by atoms with Crippen LogP contribution in [-0.4, -0.2) is 52.2 Å². The second kappa shape index (κ2) is 13.9. The zero-order chi connectivity index (χ0) is 24.2. The highest BCUT2D eigenvalue weighted by Gasteiger charge is 2.23. The van der Waals surface area contributed by atoms with Crippen molar-refractivity contribution in [2.45, 2.75) is 59.1 Å². The normalized spacial score (nSPS) is 12.3. The summed E-state index contributed by atoms with van der Waals surface area (Å²) in [6.07, 6.45) is 3.36. The molecular formula is C28H39N3O3. The van der Waals surface area contributed by atoms with Crippen LogP contribution in [0.2, 0.25) is 0 Å². The number of benzene rings is 2. The summed E-state index contributed by atoms with van der Waals surface area (Å²) in [7, 11) is 0. The molecule has 0 spiro atoms. The molecule has 0 fully saturated rings. The minimum atomic E-state index is -0.531. The second-order valence-corrected chi connectivity index (χ2v) is 8.56. The molecule has 3 rings (SSSR count). The number of aryl methyl sites for hydroxylation is 1. The number of aliphatic hydroxyl groups excluding tert-OH is 1. The fourth-order valence-electron chi connectivity index (χ4n) is 3.96. The van der Waals surface area contributed by atoms with E-state index in [1.807, 2.05) is 65.3 Å². The molecule has 0 radical (unpaired) electrons. The summed E-state index contributed by atoms with van der Waals surface area (Å²) in [5.74, 6) is 1.50. The Bertz CT molecular complexity index is 960. The topological polar surface area (TPSA) is 59.8 Å². The van der Waals surface area contributed by atoms with Crippen molar-refractivity contribution in [2.75, 3.05) is 26.3 Å². The first kappa shape index (κ1) is 25.9. The van der Waals surface area contributed by atoms with E-state index >= 15 is 0 Å². The number of aromatic nitrogens is 2. The maximum atomic E-state index is 10.6. The average Bonchev–Trinajstić information content (AvgIpc) is 3.20. The van der Waals surface area contributed by atoms with Gasteiger partial charge in [0.1, 0.15) is 5.75 Å². The molecule has 1 unspecified atom stereocenters. The summed E-state index contributed by atoms with van der Waals surface area (Å²) in [5.41, 5.74) is 3.02. The number of nitrogens with zero attached hydrogens (tertiary/aromatic N) is 3. The molecular weight excluding hydrogens is 426 g/mol. The fraction of sp³-hybridized carbons (Fsp3) is 0.464. The van der Waals surface area contributed by atoms with Crippen molar-refractivity contribution in [1.29, 1.82) is 0 Å². The number of hydrogen-bond donors (Lipinski definition) is 1. The van der Waals surface area contributed by atoms with Crippen LogP contribution >= 0.6 is 0 Å². The first-order valence-electron chi connectivity index (χ1n) is 12.5. The molecule has 1 atom stereocenters. The molecule has 0 bridgehead atoms. The summed E-state index contributed by atoms with van der Waals surface area (Å²) in [6.45, 7) is 9.54. The number of para-hydroxylation sites is 2. The van der Waals surface area contributed by atoms with E-state index in [-0.39, 0.29) is 0 Å². The van der Waals surface area contributed by atoms with E-state index in [1.165, 1.54) is 0 Å². The zero-order valence-electron chi connectivity index (χ0n) is 20.8. The van der Waals surface area contributed by atoms with Crippen LogP contribution in [0.3, 0.4) is 0 Å². The van der Waals surface area contributed by atoms with Crippen LogP contribution in [0.5, 0.6) is 11.6 Å². The molecule has 34 heavy (non-hydrogen) atoms. The highest BCUT2D eigenvalue weighted by atomic mass is 16.5. The van der Waals surface area contributed by atoms with Gasteiger partial charge in [-0.25, -0.2) is 4.68 Å². The Morgan fingerprint density at radius 3 is 2.32 bits per heavy atom. The predicted molar refractivity (Wildman–Crippen MR) is 137 cm³/mol. The predicted octanol–water partition coefficient (Wildman–Crippen LogP) is 5.62. The lowest BCUT2D eigenvalue weighted by molar-refractivity contribution is 0.0143. The minimum Gasteiger partial charge on any atom is -0.439 e. The van der Waals surface area contributed by atoms with Crippen molar-refractivity contribution in [3.8, 4) is 17.3 Å². The molecule has 3 aromatic rings. The van der Waals surface area contributed by atoms with E-state index in [9.17, 15) is 5.11 Å². The molecule has 0 aliphatic rings. The Labute approximate surface area is 204 Å². The summed E-state index contributed by atoms with van der Waals surface area (Å²) in [4.78, 5) is 2.28. The quantitative estimate of drug-likeness (QED) is 0.295. The summed E-state index contributed by atoms with van der Waals surface area (Å²) in [6, 6.07) is 19.9. The maximum absolute atomic E-state index is 10.6. The van der Waals surface area contributed by atoms with Crippen molar-refractivity contribution < 1.29 is 14.6 Å². The van der Waals surface area contributed by atoms with Crippen LogP contribution in [0, 0.1) is 0 Å². The van der Waals surface area contributed by atoms with Crippen LogP contribution < -0.4 is 4.74 Å². The SMILES string of the molecule is CCCCOCC(O)CN(CCC)Cc1c(CC)nn(-c2ccccc2)c1Oc1ccccc1. The van der Waals surface area contributed by atoms with Crippen molar-refractivity contribution in [2.24, 2.45) is 0 Å². The maximum Gasteiger partial charge on any atom is 0.227 e. The Balaban J connectivity index is 1.88. The second-order valence-electron chi connectivity index (χ2n) is 8.56. The van der Waals surface area contributed by atoms with Crippen molar-refractivity contribution in [1.82, 2.24) is 14.7 Å². The minimum absolute atomic E-state index is 0.359. The van der Waals surface area contributed by atoms with Gasteiger partial charge in [-0.1, -0.05) is 63.6 Å². The van der Waals surface area contributed by atoms with Crippen LogP contribution in [0.25, 0.3) is 5.69 Å². The standard InChI is InChI=1S/C28H39N3O3/c1-4-7-19-33-22-24(32)20-30(18-5-2)21-26-27(6-3)29-31(23-14-10-8-11-15-23)28(26)34-25-16-12-9-13-17-25/h8-17,24,32H,4-7,18-22H2,1-3H3. The Kier molecular flexibility index (Phi) is 10.6. The Hall–Kier alpha value is -2.67. The van der Waals surface area contributed by atoms with Crippen molar-refractivity contribution in [3.05, 3.63) is 71.9 Å². The molecule has 1 aromatic heterocycles. The molecule has 0 aliphatic carbocycles. The molecule has 1 N–H and O–H groups in total. The van der Waals surface area contributed by atoms with E-state index in [0.717, 1.165) is 60.8 Å². The molecule has 6 heteroatoms. The van der Waals surface area contributed by atoms with Gasteiger partial charge in [0.05, 0.1) is 29.7 Å². The third-order valence-corrected chi connectivity index (χ3v) is 5.66. The number of ether oxygens (including phenoxy) is 2. The number of hydrogen-bond acceptors (Lipinski definition) is 5. The lowest BCUT2D eigenvalue weighted by Crippen LogP contribution is -2.35. The Morgan fingerprint density at radius 1 is 0.971 bits per heavy atom. The third kappa shape index (κ3) is 7.42. The van der Waals surface area contributed by atoms with E-state index in [1.54, 1.807) is 0 Å². The van der Waals surface area contributed by atoms with E-state index in [4.69, 9.17) is 14.6 Å². The van der Waals surface area contributed by atoms with E-state index < -0.39 is 6.10 Å². The van der Waals surface area contributed by atoms with Gasteiger partial charge in [-0.15, -0.1) is 0 Å². The molecule has 184 valence electrons. The number of unbranched alkanes of at least 4 members (excludes halogenated alkanes) is 1. The van der Waals surface area contributed by atoms with Gasteiger partial charge in [0.2, 0.25) is 5.88 Å². The monoisotopic (exact) mass is 465 g/mol. The largest absolute Gasteiger partial charge is 0.439 e. The smallest absolute Gasteiger partial charge is 0.227 e. The lowest BCUT2D eigenvalue weighted by Gasteiger charge is -2.25. The van der Waals surface area contributed by atoms with Gasteiger partial charge in [-0.3, -0.25) is 4.90 Å². The summed E-state index contributed by atoms with van der Waals surface area (Å²) >= 11 is 0. The van der Waals surface area contributed by atoms with Gasteiger partial charge in [-0.2, -0.15) is 5.10 Å². The van der Waals surface area contributed by atoms with Gasteiger partial charge in [-0.05, 0) is 50.1 Å². The molecule has 0 saturated heterocycles. The van der Waals surface area contributed by atoms with Crippen molar-refractivity contribution in [3.63, 3.8) is 0 Å². The molecule has 1 heterocycles. The van der Waals surface area contributed by atoms with Gasteiger partial charge < -0.3 is 14.6 Å². The zero-order valence-corrected chi connectivity index (χ0v) is 20.8. The van der Waals surface area contributed by atoms with Crippen molar-refractivity contribution >= 4 is 0 Å². The summed E-state index contributed by atoms with van der Waals surface area (Å²) in [5, 5.41) is 15.6. The van der Waals surface area contributed by atoms with Crippen LogP contribution in [0.4, 0.5) is 0 Å². The average molecular weight is 466 g/mol. The molecule has 0 aliphatic heterocycles. The molecule has 2 aromatic carbocycles. The summed E-state index contributed by atoms with van der Waals surface area (Å²) < 4.78 is 14.0. The highest BCUT2D eigenvalue weighted by molar-refractivity contribution is 5.43. The third-order valence-electron chi connectivity index (χ3n) is 5.66. The highest BCUT2D eigenvalue weighted by Crippen LogP contribution is 2.32. The van der Waals surface area contributed by atoms with Crippen LogP contribution in [0.15, 0.2) is 60.7 Å². The first-order valence-corrected chi connectivity index (χ1v) is 12.5. The van der Waals surface area contributed by atoms with E-state index in [2.05, 4.69) is 25.7 Å².